The molecule has 0 bridgehead atoms. The van der Waals surface area contributed by atoms with E-state index in [9.17, 15) is 9.59 Å². The minimum atomic E-state index is -0.578. The number of benzene rings is 1. The topological polar surface area (TPSA) is 52.6 Å². The van der Waals surface area contributed by atoms with Crippen LogP contribution in [0.1, 0.15) is 15.9 Å². The molecule has 0 saturated heterocycles. The van der Waals surface area contributed by atoms with Crippen molar-refractivity contribution < 1.29 is 19.1 Å². The molecule has 0 atom stereocenters. The Bertz CT molecular complexity index is 372. The fourth-order valence-electron chi connectivity index (χ4n) is 0.997. The van der Waals surface area contributed by atoms with Crippen molar-refractivity contribution in [3.63, 3.8) is 0 Å². The van der Waals surface area contributed by atoms with Crippen LogP contribution < -0.4 is 0 Å². The van der Waals surface area contributed by atoms with Gasteiger partial charge in [0.05, 0.1) is 12.7 Å². The zero-order valence-corrected chi connectivity index (χ0v) is 10.3. The van der Waals surface area contributed by atoms with Crippen molar-refractivity contribution in [1.29, 1.82) is 0 Å². The summed E-state index contributed by atoms with van der Waals surface area (Å²) in [4.78, 5) is 22.2. The number of halogens is 1. The Morgan fingerprint density at radius 3 is 2.38 bits per heavy atom. The van der Waals surface area contributed by atoms with Crippen molar-refractivity contribution in [2.24, 2.45) is 0 Å². The summed E-state index contributed by atoms with van der Waals surface area (Å²) in [6.07, 6.45) is 0. The van der Waals surface area contributed by atoms with Gasteiger partial charge in [0.2, 0.25) is 0 Å². The van der Waals surface area contributed by atoms with Gasteiger partial charge in [-0.3, -0.25) is 0 Å². The van der Waals surface area contributed by atoms with Crippen LogP contribution in [0.25, 0.3) is 0 Å². The molecule has 0 aromatic heterocycles. The van der Waals surface area contributed by atoms with Gasteiger partial charge in [-0.15, -0.1) is 0 Å². The predicted molar refractivity (Wildman–Crippen MR) is 61.4 cm³/mol. The Kier molecular flexibility index (Phi) is 4.98. The summed E-state index contributed by atoms with van der Waals surface area (Å²) in [5.74, 6) is -1.11. The molecule has 0 aliphatic heterocycles. The third kappa shape index (κ3) is 3.66. The SMILES string of the molecule is COC(=O)COC(=O)c1ccc(CBr)cc1. The number of carbonyl (C=O) groups is 2. The van der Waals surface area contributed by atoms with Crippen LogP contribution >= 0.6 is 15.9 Å². The lowest BCUT2D eigenvalue weighted by Gasteiger charge is -2.03. The van der Waals surface area contributed by atoms with Gasteiger partial charge in [-0.25, -0.2) is 9.59 Å². The normalized spacial score (nSPS) is 9.62. The summed E-state index contributed by atoms with van der Waals surface area (Å²) in [5.41, 5.74) is 1.47. The first-order valence-corrected chi connectivity index (χ1v) is 5.68. The van der Waals surface area contributed by atoms with Gasteiger partial charge in [0, 0.05) is 5.33 Å². The number of rotatable bonds is 4. The molecule has 0 heterocycles. The van der Waals surface area contributed by atoms with E-state index in [4.69, 9.17) is 4.74 Å². The van der Waals surface area contributed by atoms with Gasteiger partial charge in [0.1, 0.15) is 0 Å². The van der Waals surface area contributed by atoms with E-state index in [1.54, 1.807) is 12.1 Å². The zero-order chi connectivity index (χ0) is 12.0. The largest absolute Gasteiger partial charge is 0.466 e. The van der Waals surface area contributed by atoms with Crippen LogP contribution in [0.2, 0.25) is 0 Å². The van der Waals surface area contributed by atoms with Gasteiger partial charge in [-0.05, 0) is 17.7 Å². The third-order valence-electron chi connectivity index (χ3n) is 1.89. The van der Waals surface area contributed by atoms with Gasteiger partial charge < -0.3 is 9.47 Å². The minimum absolute atomic E-state index is 0.366. The smallest absolute Gasteiger partial charge is 0.344 e. The highest BCUT2D eigenvalue weighted by Gasteiger charge is 2.09. The van der Waals surface area contributed by atoms with E-state index in [0.29, 0.717) is 5.56 Å². The Labute approximate surface area is 102 Å². The molecule has 0 fully saturated rings. The molecular formula is C11H11BrO4. The number of ether oxygens (including phenoxy) is 2. The van der Waals surface area contributed by atoms with E-state index in [0.717, 1.165) is 10.9 Å². The molecule has 4 nitrogen and oxygen atoms in total. The standard InChI is InChI=1S/C11H11BrO4/c1-15-10(13)7-16-11(14)9-4-2-8(6-12)3-5-9/h2-5H,6-7H2,1H3. The van der Waals surface area contributed by atoms with Crippen molar-refractivity contribution in [1.82, 2.24) is 0 Å². The van der Waals surface area contributed by atoms with Crippen LogP contribution in [0, 0.1) is 0 Å². The van der Waals surface area contributed by atoms with Crippen LogP contribution in [-0.4, -0.2) is 25.7 Å². The summed E-state index contributed by atoms with van der Waals surface area (Å²) >= 11 is 3.30. The van der Waals surface area contributed by atoms with Crippen LogP contribution in [0.15, 0.2) is 24.3 Å². The quantitative estimate of drug-likeness (QED) is 0.627. The maximum absolute atomic E-state index is 11.4. The van der Waals surface area contributed by atoms with E-state index < -0.39 is 11.9 Å². The predicted octanol–water partition coefficient (Wildman–Crippen LogP) is 1.91. The monoisotopic (exact) mass is 286 g/mol. The lowest BCUT2D eigenvalue weighted by molar-refractivity contribution is -0.144. The first-order valence-electron chi connectivity index (χ1n) is 4.56. The van der Waals surface area contributed by atoms with Gasteiger partial charge in [0.15, 0.2) is 6.61 Å². The average molecular weight is 287 g/mol. The second-order valence-corrected chi connectivity index (χ2v) is 3.54. The summed E-state index contributed by atoms with van der Waals surface area (Å²) in [7, 11) is 1.24. The third-order valence-corrected chi connectivity index (χ3v) is 2.54. The summed E-state index contributed by atoms with van der Waals surface area (Å²) in [6.45, 7) is -0.366. The van der Waals surface area contributed by atoms with Crippen molar-refractivity contribution >= 4 is 27.9 Å². The van der Waals surface area contributed by atoms with Gasteiger partial charge in [0.25, 0.3) is 0 Å². The highest BCUT2D eigenvalue weighted by atomic mass is 79.9. The number of hydrogen-bond donors (Lipinski definition) is 0. The van der Waals surface area contributed by atoms with E-state index in [1.807, 2.05) is 12.1 Å². The fraction of sp³-hybridized carbons (Fsp3) is 0.273. The Hall–Kier alpha value is -1.36. The maximum atomic E-state index is 11.4. The molecule has 0 aliphatic rings. The molecule has 1 aromatic carbocycles. The van der Waals surface area contributed by atoms with E-state index in [-0.39, 0.29) is 6.61 Å². The molecule has 0 amide bonds. The van der Waals surface area contributed by atoms with Crippen molar-refractivity contribution in [2.45, 2.75) is 5.33 Å². The summed E-state index contributed by atoms with van der Waals surface area (Å²) in [5, 5.41) is 0.727. The lowest BCUT2D eigenvalue weighted by Crippen LogP contribution is -2.15. The minimum Gasteiger partial charge on any atom is -0.466 e. The second kappa shape index (κ2) is 6.27. The van der Waals surface area contributed by atoms with E-state index in [2.05, 4.69) is 20.7 Å². The first kappa shape index (κ1) is 12.7. The number of esters is 2. The summed E-state index contributed by atoms with van der Waals surface area (Å²) < 4.78 is 9.08. The zero-order valence-electron chi connectivity index (χ0n) is 8.73. The highest BCUT2D eigenvalue weighted by molar-refractivity contribution is 9.08. The molecular weight excluding hydrogens is 276 g/mol. The van der Waals surface area contributed by atoms with E-state index in [1.165, 1.54) is 7.11 Å². The number of hydrogen-bond acceptors (Lipinski definition) is 4. The summed E-state index contributed by atoms with van der Waals surface area (Å²) in [6, 6.07) is 6.92. The Morgan fingerprint density at radius 1 is 1.25 bits per heavy atom. The molecule has 5 heteroatoms. The van der Waals surface area contributed by atoms with Crippen LogP contribution in [0.4, 0.5) is 0 Å². The molecule has 86 valence electrons. The molecule has 16 heavy (non-hydrogen) atoms. The van der Waals surface area contributed by atoms with Crippen LogP contribution in [-0.2, 0) is 19.6 Å². The molecule has 0 spiro atoms. The number of alkyl halides is 1. The molecule has 0 aliphatic carbocycles. The average Bonchev–Trinajstić information content (AvgIpc) is 2.35. The highest BCUT2D eigenvalue weighted by Crippen LogP contribution is 2.08. The maximum Gasteiger partial charge on any atom is 0.344 e. The lowest BCUT2D eigenvalue weighted by atomic mass is 10.1. The number of carbonyl (C=O) groups excluding carboxylic acids is 2. The van der Waals surface area contributed by atoms with Gasteiger partial charge >= 0.3 is 11.9 Å². The first-order chi connectivity index (χ1) is 7.67. The molecule has 0 radical (unpaired) electrons. The molecule has 1 rings (SSSR count). The molecule has 0 saturated carbocycles. The van der Waals surface area contributed by atoms with Crippen molar-refractivity contribution in [3.05, 3.63) is 35.4 Å². The molecule has 0 N–H and O–H groups in total. The van der Waals surface area contributed by atoms with Gasteiger partial charge in [-0.2, -0.15) is 0 Å². The molecule has 1 aromatic rings. The Morgan fingerprint density at radius 2 is 1.88 bits per heavy atom. The van der Waals surface area contributed by atoms with Crippen LogP contribution in [0.3, 0.4) is 0 Å². The van der Waals surface area contributed by atoms with E-state index >= 15 is 0 Å². The van der Waals surface area contributed by atoms with Crippen molar-refractivity contribution in [2.75, 3.05) is 13.7 Å². The van der Waals surface area contributed by atoms with Crippen molar-refractivity contribution in [3.8, 4) is 0 Å². The molecule has 0 unspecified atom stereocenters. The van der Waals surface area contributed by atoms with Gasteiger partial charge in [-0.1, -0.05) is 28.1 Å². The van der Waals surface area contributed by atoms with Crippen LogP contribution in [0.5, 0.6) is 0 Å². The Balaban J connectivity index is 2.56. The second-order valence-electron chi connectivity index (χ2n) is 2.98. The fourth-order valence-corrected chi connectivity index (χ4v) is 1.37. The number of methoxy groups -OCH3 is 1.